The van der Waals surface area contributed by atoms with Crippen LogP contribution >= 0.6 is 0 Å². The lowest BCUT2D eigenvalue weighted by Gasteiger charge is -2.23. The molecule has 0 saturated heterocycles. The van der Waals surface area contributed by atoms with Crippen LogP contribution in [0.1, 0.15) is 19.8 Å². The number of rotatable bonds is 11. The largest absolute Gasteiger partial charge is 0.395 e. The van der Waals surface area contributed by atoms with Crippen molar-refractivity contribution in [2.45, 2.75) is 25.8 Å². The van der Waals surface area contributed by atoms with Gasteiger partial charge in [0.1, 0.15) is 0 Å². The average Bonchev–Trinajstić information content (AvgIpc) is 2.51. The maximum Gasteiger partial charge on any atom is 0.0664 e. The molecule has 0 amide bonds. The number of benzene rings is 1. The third-order valence-corrected chi connectivity index (χ3v) is 3.48. The standard InChI is InChI=1S/C16H29N3O2/c1-3-19(11-12-20)16-8-6-14(7-9-16)18-15(13-21-2)5-4-10-17/h6-9,15,18,20H,3-5,10-13,17H2,1-2H3. The quantitative estimate of drug-likeness (QED) is 0.579. The van der Waals surface area contributed by atoms with Crippen LogP contribution in [0.2, 0.25) is 0 Å². The normalized spacial score (nSPS) is 12.2. The fourth-order valence-corrected chi connectivity index (χ4v) is 2.36. The third kappa shape index (κ3) is 6.33. The van der Waals surface area contributed by atoms with Gasteiger partial charge in [0.05, 0.1) is 13.2 Å². The number of nitrogens with one attached hydrogen (secondary N) is 1. The van der Waals surface area contributed by atoms with Crippen molar-refractivity contribution in [1.29, 1.82) is 0 Å². The van der Waals surface area contributed by atoms with E-state index in [4.69, 9.17) is 15.6 Å². The lowest BCUT2D eigenvalue weighted by atomic mass is 10.1. The van der Waals surface area contributed by atoms with E-state index in [0.29, 0.717) is 19.7 Å². The molecule has 1 unspecified atom stereocenters. The zero-order chi connectivity index (χ0) is 15.5. The molecule has 120 valence electrons. The van der Waals surface area contributed by atoms with E-state index in [0.717, 1.165) is 30.8 Å². The van der Waals surface area contributed by atoms with E-state index in [2.05, 4.69) is 41.4 Å². The molecule has 5 nitrogen and oxygen atoms in total. The number of aliphatic hydroxyl groups excluding tert-OH is 1. The molecule has 1 aromatic carbocycles. The molecule has 0 bridgehead atoms. The highest BCUT2D eigenvalue weighted by Crippen LogP contribution is 2.19. The van der Waals surface area contributed by atoms with Gasteiger partial charge in [0.25, 0.3) is 0 Å². The fraction of sp³-hybridized carbons (Fsp3) is 0.625. The molecule has 0 aliphatic heterocycles. The molecule has 0 aliphatic rings. The van der Waals surface area contributed by atoms with E-state index >= 15 is 0 Å². The molecule has 0 aromatic heterocycles. The predicted molar refractivity (Wildman–Crippen MR) is 89.0 cm³/mol. The summed E-state index contributed by atoms with van der Waals surface area (Å²) in [5.41, 5.74) is 7.78. The van der Waals surface area contributed by atoms with E-state index < -0.39 is 0 Å². The summed E-state index contributed by atoms with van der Waals surface area (Å²) in [6, 6.07) is 8.58. The van der Waals surface area contributed by atoms with E-state index in [1.807, 2.05) is 0 Å². The maximum atomic E-state index is 9.07. The monoisotopic (exact) mass is 295 g/mol. The van der Waals surface area contributed by atoms with Gasteiger partial charge < -0.3 is 25.8 Å². The summed E-state index contributed by atoms with van der Waals surface area (Å²) < 4.78 is 5.25. The summed E-state index contributed by atoms with van der Waals surface area (Å²) >= 11 is 0. The molecule has 21 heavy (non-hydrogen) atoms. The molecule has 5 heteroatoms. The first kappa shape index (κ1) is 17.8. The highest BCUT2D eigenvalue weighted by Gasteiger charge is 2.08. The number of anilines is 2. The Morgan fingerprint density at radius 1 is 1.33 bits per heavy atom. The van der Waals surface area contributed by atoms with Gasteiger partial charge in [-0.15, -0.1) is 0 Å². The Balaban J connectivity index is 2.62. The zero-order valence-corrected chi connectivity index (χ0v) is 13.2. The SMILES string of the molecule is CCN(CCO)c1ccc(NC(CCCN)COC)cc1. The molecule has 0 saturated carbocycles. The summed E-state index contributed by atoms with van der Waals surface area (Å²) in [6.07, 6.45) is 1.98. The molecule has 0 fully saturated rings. The second-order valence-electron chi connectivity index (χ2n) is 5.08. The molecule has 1 aromatic rings. The summed E-state index contributed by atoms with van der Waals surface area (Å²) in [6.45, 7) is 5.18. The highest BCUT2D eigenvalue weighted by atomic mass is 16.5. The number of nitrogens with zero attached hydrogens (tertiary/aromatic N) is 1. The van der Waals surface area contributed by atoms with E-state index in [9.17, 15) is 0 Å². The molecular formula is C16H29N3O2. The number of aliphatic hydroxyl groups is 1. The summed E-state index contributed by atoms with van der Waals surface area (Å²) in [4.78, 5) is 2.14. The van der Waals surface area contributed by atoms with E-state index in [-0.39, 0.29) is 12.6 Å². The Labute approximate surface area is 128 Å². The molecule has 0 heterocycles. The van der Waals surface area contributed by atoms with Gasteiger partial charge in [0.2, 0.25) is 0 Å². The molecular weight excluding hydrogens is 266 g/mol. The van der Waals surface area contributed by atoms with E-state index in [1.54, 1.807) is 7.11 Å². The van der Waals surface area contributed by atoms with Gasteiger partial charge in [-0.1, -0.05) is 0 Å². The van der Waals surface area contributed by atoms with Crippen molar-refractivity contribution in [2.24, 2.45) is 5.73 Å². The number of likely N-dealkylation sites (N-methyl/N-ethyl adjacent to an activating group) is 1. The number of nitrogens with two attached hydrogens (primary N) is 1. The summed E-state index contributed by atoms with van der Waals surface area (Å²) in [5.74, 6) is 0. The lowest BCUT2D eigenvalue weighted by Crippen LogP contribution is -2.27. The van der Waals surface area contributed by atoms with Crippen molar-refractivity contribution in [2.75, 3.05) is 50.2 Å². The first-order chi connectivity index (χ1) is 10.2. The number of hydrogen-bond acceptors (Lipinski definition) is 5. The minimum Gasteiger partial charge on any atom is -0.395 e. The summed E-state index contributed by atoms with van der Waals surface area (Å²) in [7, 11) is 1.72. The van der Waals surface area contributed by atoms with Crippen LogP contribution in [-0.4, -0.2) is 51.1 Å². The number of methoxy groups -OCH3 is 1. The Morgan fingerprint density at radius 3 is 2.57 bits per heavy atom. The van der Waals surface area contributed by atoms with Crippen LogP contribution in [-0.2, 0) is 4.74 Å². The van der Waals surface area contributed by atoms with Crippen molar-refractivity contribution in [3.63, 3.8) is 0 Å². The first-order valence-electron chi connectivity index (χ1n) is 7.66. The van der Waals surface area contributed by atoms with Gasteiger partial charge in [-0.3, -0.25) is 0 Å². The Bertz CT molecular complexity index is 370. The van der Waals surface area contributed by atoms with Crippen LogP contribution in [0, 0.1) is 0 Å². The van der Waals surface area contributed by atoms with Gasteiger partial charge in [-0.05, 0) is 50.6 Å². The highest BCUT2D eigenvalue weighted by molar-refractivity contribution is 5.55. The van der Waals surface area contributed by atoms with Crippen LogP contribution < -0.4 is 16.0 Å². The Morgan fingerprint density at radius 2 is 2.05 bits per heavy atom. The topological polar surface area (TPSA) is 70.8 Å². The Kier molecular flexibility index (Phi) is 8.82. The van der Waals surface area contributed by atoms with Crippen LogP contribution in [0.15, 0.2) is 24.3 Å². The van der Waals surface area contributed by atoms with Crippen LogP contribution in [0.25, 0.3) is 0 Å². The second kappa shape index (κ2) is 10.4. The van der Waals surface area contributed by atoms with Crippen molar-refractivity contribution < 1.29 is 9.84 Å². The third-order valence-electron chi connectivity index (χ3n) is 3.48. The van der Waals surface area contributed by atoms with Gasteiger partial charge in [0.15, 0.2) is 0 Å². The van der Waals surface area contributed by atoms with Crippen LogP contribution in [0.4, 0.5) is 11.4 Å². The summed E-state index contributed by atoms with van der Waals surface area (Å²) in [5, 5.41) is 12.5. The van der Waals surface area contributed by atoms with Crippen LogP contribution in [0.3, 0.4) is 0 Å². The minimum atomic E-state index is 0.169. The predicted octanol–water partition coefficient (Wildman–Crippen LogP) is 1.67. The number of ether oxygens (including phenoxy) is 1. The molecule has 0 radical (unpaired) electrons. The lowest BCUT2D eigenvalue weighted by molar-refractivity contribution is 0.182. The van der Waals surface area contributed by atoms with Crippen molar-refractivity contribution in [1.82, 2.24) is 0 Å². The van der Waals surface area contributed by atoms with Gasteiger partial charge in [-0.2, -0.15) is 0 Å². The zero-order valence-electron chi connectivity index (χ0n) is 13.2. The molecule has 1 rings (SSSR count). The number of hydrogen-bond donors (Lipinski definition) is 3. The van der Waals surface area contributed by atoms with Gasteiger partial charge in [-0.25, -0.2) is 0 Å². The van der Waals surface area contributed by atoms with Crippen molar-refractivity contribution >= 4 is 11.4 Å². The van der Waals surface area contributed by atoms with Crippen molar-refractivity contribution in [3.8, 4) is 0 Å². The molecule has 0 aliphatic carbocycles. The molecule has 0 spiro atoms. The van der Waals surface area contributed by atoms with Gasteiger partial charge >= 0.3 is 0 Å². The first-order valence-corrected chi connectivity index (χ1v) is 7.66. The van der Waals surface area contributed by atoms with E-state index in [1.165, 1.54) is 0 Å². The Hall–Kier alpha value is -1.30. The maximum absolute atomic E-state index is 9.07. The van der Waals surface area contributed by atoms with Crippen molar-refractivity contribution in [3.05, 3.63) is 24.3 Å². The van der Waals surface area contributed by atoms with Crippen LogP contribution in [0.5, 0.6) is 0 Å². The van der Waals surface area contributed by atoms with Gasteiger partial charge in [0, 0.05) is 37.6 Å². The second-order valence-corrected chi connectivity index (χ2v) is 5.08. The molecule has 1 atom stereocenters. The average molecular weight is 295 g/mol. The fourth-order valence-electron chi connectivity index (χ4n) is 2.36. The molecule has 4 N–H and O–H groups in total. The minimum absolute atomic E-state index is 0.169. The smallest absolute Gasteiger partial charge is 0.0664 e.